The third-order valence-corrected chi connectivity index (χ3v) is 3.27. The number of ether oxygens (including phenoxy) is 1. The fourth-order valence-corrected chi connectivity index (χ4v) is 1.98. The van der Waals surface area contributed by atoms with Gasteiger partial charge in [0.2, 0.25) is 0 Å². The first kappa shape index (κ1) is 11.1. The Morgan fingerprint density at radius 1 is 1.50 bits per heavy atom. The average Bonchev–Trinajstić information content (AvgIpc) is 2.26. The van der Waals surface area contributed by atoms with Gasteiger partial charge in [-0.15, -0.1) is 0 Å². The Hall–Kier alpha value is -1.42. The van der Waals surface area contributed by atoms with Crippen LogP contribution in [-0.2, 0) is 0 Å². The second-order valence-electron chi connectivity index (χ2n) is 4.37. The quantitative estimate of drug-likeness (QED) is 0.677. The number of hydrogen-bond donors (Lipinski definition) is 3. The number of aliphatic hydroxyl groups excluding tert-OH is 1. The molecule has 0 amide bonds. The van der Waals surface area contributed by atoms with Gasteiger partial charge in [0.05, 0.1) is 30.6 Å². The summed E-state index contributed by atoms with van der Waals surface area (Å²) in [5, 5.41) is 12.7. The Morgan fingerprint density at radius 3 is 2.75 bits per heavy atom. The van der Waals surface area contributed by atoms with Crippen LogP contribution in [0.25, 0.3) is 0 Å². The normalized spacial score (nSPS) is 17.6. The fourth-order valence-electron chi connectivity index (χ4n) is 1.98. The van der Waals surface area contributed by atoms with Crippen LogP contribution in [0.15, 0.2) is 18.2 Å². The second-order valence-corrected chi connectivity index (χ2v) is 4.37. The minimum absolute atomic E-state index is 0.143. The van der Waals surface area contributed by atoms with Gasteiger partial charge in [0, 0.05) is 6.07 Å². The first-order valence-corrected chi connectivity index (χ1v) is 5.52. The van der Waals surface area contributed by atoms with Crippen molar-refractivity contribution < 1.29 is 9.84 Å². The van der Waals surface area contributed by atoms with Crippen molar-refractivity contribution in [3.8, 4) is 5.75 Å². The SMILES string of the molecule is COc1ccc(N)c(NC2(CO)CCC2)c1. The van der Waals surface area contributed by atoms with Crippen molar-refractivity contribution in [2.24, 2.45) is 0 Å². The van der Waals surface area contributed by atoms with Gasteiger partial charge in [-0.1, -0.05) is 0 Å². The molecule has 16 heavy (non-hydrogen) atoms. The van der Waals surface area contributed by atoms with E-state index in [1.54, 1.807) is 7.11 Å². The lowest BCUT2D eigenvalue weighted by molar-refractivity contribution is 0.144. The van der Waals surface area contributed by atoms with Crippen molar-refractivity contribution in [3.05, 3.63) is 18.2 Å². The van der Waals surface area contributed by atoms with Gasteiger partial charge in [-0.05, 0) is 31.4 Å². The maximum Gasteiger partial charge on any atom is 0.121 e. The summed E-state index contributed by atoms with van der Waals surface area (Å²) in [7, 11) is 1.63. The first-order valence-electron chi connectivity index (χ1n) is 5.52. The molecular weight excluding hydrogens is 204 g/mol. The predicted molar refractivity (Wildman–Crippen MR) is 64.7 cm³/mol. The van der Waals surface area contributed by atoms with Crippen LogP contribution < -0.4 is 15.8 Å². The van der Waals surface area contributed by atoms with Crippen molar-refractivity contribution in [3.63, 3.8) is 0 Å². The summed E-state index contributed by atoms with van der Waals surface area (Å²) in [5.74, 6) is 0.768. The monoisotopic (exact) mass is 222 g/mol. The van der Waals surface area contributed by atoms with Crippen LogP contribution in [0, 0.1) is 0 Å². The molecule has 0 unspecified atom stereocenters. The molecule has 0 radical (unpaired) electrons. The number of nitrogens with one attached hydrogen (secondary N) is 1. The number of anilines is 2. The lowest BCUT2D eigenvalue weighted by Crippen LogP contribution is -2.48. The van der Waals surface area contributed by atoms with Crippen LogP contribution in [0.2, 0.25) is 0 Å². The van der Waals surface area contributed by atoms with Gasteiger partial charge in [0.15, 0.2) is 0 Å². The van der Waals surface area contributed by atoms with Gasteiger partial charge in [-0.25, -0.2) is 0 Å². The smallest absolute Gasteiger partial charge is 0.121 e. The van der Waals surface area contributed by atoms with E-state index in [2.05, 4.69) is 5.32 Å². The van der Waals surface area contributed by atoms with E-state index in [9.17, 15) is 5.11 Å². The molecule has 0 bridgehead atoms. The topological polar surface area (TPSA) is 67.5 Å². The summed E-state index contributed by atoms with van der Waals surface area (Å²) >= 11 is 0. The number of hydrogen-bond acceptors (Lipinski definition) is 4. The number of methoxy groups -OCH3 is 1. The molecule has 0 aliphatic heterocycles. The van der Waals surface area contributed by atoms with Crippen molar-refractivity contribution >= 4 is 11.4 Å². The highest BCUT2D eigenvalue weighted by Gasteiger charge is 2.36. The number of aliphatic hydroxyl groups is 1. The first-order chi connectivity index (χ1) is 7.69. The molecule has 4 N–H and O–H groups in total. The molecule has 0 aromatic heterocycles. The zero-order chi connectivity index (χ0) is 11.6. The van der Waals surface area contributed by atoms with Gasteiger partial charge in [-0.2, -0.15) is 0 Å². The van der Waals surface area contributed by atoms with Crippen LogP contribution in [0.4, 0.5) is 11.4 Å². The molecule has 2 rings (SSSR count). The molecule has 0 saturated heterocycles. The largest absolute Gasteiger partial charge is 0.497 e. The van der Waals surface area contributed by atoms with E-state index in [4.69, 9.17) is 10.5 Å². The minimum Gasteiger partial charge on any atom is -0.497 e. The van der Waals surface area contributed by atoms with Crippen molar-refractivity contribution in [2.75, 3.05) is 24.8 Å². The van der Waals surface area contributed by atoms with Crippen LogP contribution in [-0.4, -0.2) is 24.4 Å². The zero-order valence-corrected chi connectivity index (χ0v) is 9.49. The molecule has 0 heterocycles. The van der Waals surface area contributed by atoms with Crippen LogP contribution in [0.3, 0.4) is 0 Å². The van der Waals surface area contributed by atoms with Crippen LogP contribution in [0.1, 0.15) is 19.3 Å². The maximum absolute atomic E-state index is 9.38. The summed E-state index contributed by atoms with van der Waals surface area (Å²) in [6, 6.07) is 5.50. The summed E-state index contributed by atoms with van der Waals surface area (Å²) in [6.45, 7) is 0.143. The Morgan fingerprint density at radius 2 is 2.25 bits per heavy atom. The number of benzene rings is 1. The molecule has 4 nitrogen and oxygen atoms in total. The van der Waals surface area contributed by atoms with Gasteiger partial charge in [-0.3, -0.25) is 0 Å². The highest BCUT2D eigenvalue weighted by molar-refractivity contribution is 5.69. The Balaban J connectivity index is 2.19. The Labute approximate surface area is 95.4 Å². The van der Waals surface area contributed by atoms with Crippen LogP contribution in [0.5, 0.6) is 5.75 Å². The van der Waals surface area contributed by atoms with E-state index in [0.29, 0.717) is 5.69 Å². The lowest BCUT2D eigenvalue weighted by atomic mass is 9.77. The molecule has 1 aromatic carbocycles. The molecule has 0 spiro atoms. The highest BCUT2D eigenvalue weighted by atomic mass is 16.5. The van der Waals surface area contributed by atoms with Gasteiger partial charge in [0.25, 0.3) is 0 Å². The molecule has 88 valence electrons. The highest BCUT2D eigenvalue weighted by Crippen LogP contribution is 2.37. The number of nitrogens with two attached hydrogens (primary N) is 1. The van der Waals surface area contributed by atoms with Crippen molar-refractivity contribution in [1.29, 1.82) is 0 Å². The van der Waals surface area contributed by atoms with Gasteiger partial charge < -0.3 is 20.9 Å². The van der Waals surface area contributed by atoms with Gasteiger partial charge >= 0.3 is 0 Å². The molecule has 1 aliphatic rings. The zero-order valence-electron chi connectivity index (χ0n) is 9.49. The fraction of sp³-hybridized carbons (Fsp3) is 0.500. The third-order valence-electron chi connectivity index (χ3n) is 3.27. The molecule has 1 aliphatic carbocycles. The third kappa shape index (κ3) is 1.93. The number of nitrogen functional groups attached to an aromatic ring is 1. The summed E-state index contributed by atoms with van der Waals surface area (Å²) in [4.78, 5) is 0. The lowest BCUT2D eigenvalue weighted by Gasteiger charge is -2.42. The minimum atomic E-state index is -0.180. The molecule has 1 aromatic rings. The Kier molecular flexibility index (Phi) is 2.92. The second kappa shape index (κ2) is 4.22. The standard InChI is InChI=1S/C12H18N2O2/c1-16-9-3-4-10(13)11(7-9)14-12(8-15)5-2-6-12/h3-4,7,14-15H,2,5-6,8,13H2,1H3. The molecule has 1 fully saturated rings. The average molecular weight is 222 g/mol. The summed E-state index contributed by atoms with van der Waals surface area (Å²) in [5.41, 5.74) is 7.23. The van der Waals surface area contributed by atoms with E-state index in [1.807, 2.05) is 18.2 Å². The molecule has 4 heteroatoms. The van der Waals surface area contributed by atoms with E-state index in [1.165, 1.54) is 0 Å². The van der Waals surface area contributed by atoms with E-state index in [0.717, 1.165) is 30.7 Å². The molecule has 0 atom stereocenters. The van der Waals surface area contributed by atoms with E-state index < -0.39 is 0 Å². The molecule has 1 saturated carbocycles. The predicted octanol–water partition coefficient (Wildman–Crippen LogP) is 1.60. The van der Waals surface area contributed by atoms with Gasteiger partial charge in [0.1, 0.15) is 5.75 Å². The van der Waals surface area contributed by atoms with E-state index in [-0.39, 0.29) is 12.1 Å². The maximum atomic E-state index is 9.38. The van der Waals surface area contributed by atoms with Crippen LogP contribution >= 0.6 is 0 Å². The van der Waals surface area contributed by atoms with E-state index >= 15 is 0 Å². The molecular formula is C12H18N2O2. The number of rotatable bonds is 4. The Bertz CT molecular complexity index is 370. The van der Waals surface area contributed by atoms with Crippen molar-refractivity contribution in [1.82, 2.24) is 0 Å². The van der Waals surface area contributed by atoms with Crippen molar-refractivity contribution in [2.45, 2.75) is 24.8 Å². The summed E-state index contributed by atoms with van der Waals surface area (Å²) < 4.78 is 5.15. The summed E-state index contributed by atoms with van der Waals surface area (Å²) in [6.07, 6.45) is 3.12.